The van der Waals surface area contributed by atoms with Crippen molar-refractivity contribution in [1.29, 1.82) is 5.26 Å². The van der Waals surface area contributed by atoms with E-state index in [1.165, 1.54) is 5.82 Å². The van der Waals surface area contributed by atoms with Crippen LogP contribution >= 0.6 is 11.8 Å². The zero-order chi connectivity index (χ0) is 10.9. The van der Waals surface area contributed by atoms with Crippen LogP contribution in [0, 0.1) is 11.3 Å². The second-order valence-corrected chi connectivity index (χ2v) is 4.37. The summed E-state index contributed by atoms with van der Waals surface area (Å²) in [5, 5.41) is 8.40. The number of aromatic amines is 1. The van der Waals surface area contributed by atoms with Gasteiger partial charge in [0.25, 0.3) is 5.82 Å². The van der Waals surface area contributed by atoms with Gasteiger partial charge in [0, 0.05) is 6.42 Å². The molecule has 0 radical (unpaired) electrons. The van der Waals surface area contributed by atoms with E-state index in [-0.39, 0.29) is 0 Å². The van der Waals surface area contributed by atoms with Crippen LogP contribution in [-0.4, -0.2) is 11.2 Å². The van der Waals surface area contributed by atoms with Crippen LogP contribution in [0.5, 0.6) is 0 Å². The highest BCUT2D eigenvalue weighted by molar-refractivity contribution is 7.97. The van der Waals surface area contributed by atoms with Gasteiger partial charge in [0.05, 0.1) is 18.4 Å². The van der Waals surface area contributed by atoms with Gasteiger partial charge in [-0.3, -0.25) is 0 Å². The fourth-order valence-electron chi connectivity index (χ4n) is 1.53. The van der Waals surface area contributed by atoms with Gasteiger partial charge in [-0.05, 0) is 25.5 Å². The summed E-state index contributed by atoms with van der Waals surface area (Å²) in [6, 6.07) is 2.18. The van der Waals surface area contributed by atoms with Crippen LogP contribution in [0.3, 0.4) is 0 Å². The zero-order valence-electron chi connectivity index (χ0n) is 9.20. The summed E-state index contributed by atoms with van der Waals surface area (Å²) in [5.74, 6) is 2.31. The summed E-state index contributed by atoms with van der Waals surface area (Å²) in [6.07, 6.45) is 10.2. The number of nitrogens with zero attached hydrogens (tertiary/aromatic N) is 2. The van der Waals surface area contributed by atoms with Crippen LogP contribution in [0.4, 0.5) is 0 Å². The smallest absolute Gasteiger partial charge is 0.247 e. The molecule has 1 rings (SSSR count). The van der Waals surface area contributed by atoms with Crippen molar-refractivity contribution in [3.63, 3.8) is 0 Å². The molecule has 0 bridgehead atoms. The van der Waals surface area contributed by atoms with Gasteiger partial charge in [-0.2, -0.15) is 17.0 Å². The quantitative estimate of drug-likeness (QED) is 0.570. The van der Waals surface area contributed by atoms with Gasteiger partial charge in [-0.15, -0.1) is 0 Å². The molecule has 0 aliphatic carbocycles. The van der Waals surface area contributed by atoms with E-state index in [0.29, 0.717) is 6.42 Å². The predicted octanol–water partition coefficient (Wildman–Crippen LogP) is 2.25. The molecule has 0 saturated carbocycles. The van der Waals surface area contributed by atoms with Crippen molar-refractivity contribution in [2.75, 3.05) is 6.26 Å². The monoisotopic (exact) mass is 224 g/mol. The number of imidazole rings is 1. The van der Waals surface area contributed by atoms with Gasteiger partial charge >= 0.3 is 0 Å². The second-order valence-electron chi connectivity index (χ2n) is 3.50. The van der Waals surface area contributed by atoms with Crippen LogP contribution in [0.15, 0.2) is 12.4 Å². The number of unbranched alkanes of at least 4 members (excludes halogenated alkanes) is 3. The number of nitriles is 1. The standard InChI is InChI=1S/C11H17N3S/c1-15-10-11-13-7-9-14(11)8-5-3-2-4-6-12/h7,9H,2-5,8,10H2,1H3/p+1. The largest absolute Gasteiger partial charge is 0.264 e. The van der Waals surface area contributed by atoms with Gasteiger partial charge in [-0.1, -0.05) is 0 Å². The lowest BCUT2D eigenvalue weighted by Gasteiger charge is -1.99. The van der Waals surface area contributed by atoms with Crippen molar-refractivity contribution in [3.05, 3.63) is 18.2 Å². The third kappa shape index (κ3) is 4.39. The van der Waals surface area contributed by atoms with E-state index in [1.807, 2.05) is 18.0 Å². The number of nitrogens with one attached hydrogen (secondary N) is 1. The molecule has 3 nitrogen and oxygen atoms in total. The molecule has 1 heterocycles. The fraction of sp³-hybridized carbons (Fsp3) is 0.636. The minimum Gasteiger partial charge on any atom is -0.247 e. The van der Waals surface area contributed by atoms with Gasteiger partial charge in [0.15, 0.2) is 0 Å². The van der Waals surface area contributed by atoms with Crippen molar-refractivity contribution >= 4 is 11.8 Å². The van der Waals surface area contributed by atoms with Crippen molar-refractivity contribution in [1.82, 2.24) is 4.98 Å². The molecule has 0 amide bonds. The predicted molar refractivity (Wildman–Crippen MR) is 62.3 cm³/mol. The van der Waals surface area contributed by atoms with Gasteiger partial charge in [-0.25, -0.2) is 9.55 Å². The summed E-state index contributed by atoms with van der Waals surface area (Å²) < 4.78 is 2.27. The fourth-order valence-corrected chi connectivity index (χ4v) is 2.05. The lowest BCUT2D eigenvalue weighted by molar-refractivity contribution is -0.702. The number of thioether (sulfide) groups is 1. The molecule has 82 valence electrons. The molecule has 4 heteroatoms. The Bertz CT molecular complexity index is 314. The Morgan fingerprint density at radius 2 is 2.33 bits per heavy atom. The Hall–Kier alpha value is -0.950. The number of H-pyrrole nitrogens is 1. The molecule has 0 unspecified atom stereocenters. The molecule has 0 atom stereocenters. The van der Waals surface area contributed by atoms with Crippen LogP contribution in [0.1, 0.15) is 31.5 Å². The average molecular weight is 224 g/mol. The van der Waals surface area contributed by atoms with Crippen molar-refractivity contribution < 1.29 is 4.57 Å². The first-order valence-corrected chi connectivity index (χ1v) is 6.69. The summed E-state index contributed by atoms with van der Waals surface area (Å²) in [7, 11) is 0. The average Bonchev–Trinajstić information content (AvgIpc) is 2.66. The molecule has 1 aromatic rings. The van der Waals surface area contributed by atoms with Gasteiger partial charge < -0.3 is 0 Å². The first-order valence-electron chi connectivity index (χ1n) is 5.30. The maximum absolute atomic E-state index is 8.40. The van der Waals surface area contributed by atoms with E-state index < -0.39 is 0 Å². The normalized spacial score (nSPS) is 10.1. The Balaban J connectivity index is 2.25. The second kappa shape index (κ2) is 7.36. The third-order valence-electron chi connectivity index (χ3n) is 2.32. The molecular formula is C11H18N3S+. The number of aryl methyl sites for hydroxylation is 1. The molecular weight excluding hydrogens is 206 g/mol. The molecule has 1 aromatic heterocycles. The highest BCUT2D eigenvalue weighted by Crippen LogP contribution is 2.03. The first-order chi connectivity index (χ1) is 7.38. The number of aromatic nitrogens is 2. The molecule has 0 fully saturated rings. The van der Waals surface area contributed by atoms with Crippen LogP contribution in [-0.2, 0) is 12.3 Å². The van der Waals surface area contributed by atoms with Crippen molar-refractivity contribution in [3.8, 4) is 6.07 Å². The van der Waals surface area contributed by atoms with Gasteiger partial charge in [0.1, 0.15) is 12.4 Å². The maximum Gasteiger partial charge on any atom is 0.264 e. The molecule has 1 N–H and O–H groups in total. The van der Waals surface area contributed by atoms with Crippen LogP contribution in [0.2, 0.25) is 0 Å². The van der Waals surface area contributed by atoms with E-state index >= 15 is 0 Å². The number of rotatable bonds is 7. The van der Waals surface area contributed by atoms with Crippen LogP contribution < -0.4 is 4.57 Å². The summed E-state index contributed by atoms with van der Waals surface area (Å²) >= 11 is 1.83. The molecule has 0 aliphatic rings. The topological polar surface area (TPSA) is 43.5 Å². The Kier molecular flexibility index (Phi) is 5.94. The Labute approximate surface area is 95.5 Å². The highest BCUT2D eigenvalue weighted by Gasteiger charge is 2.08. The van der Waals surface area contributed by atoms with Crippen molar-refractivity contribution in [2.45, 2.75) is 38.0 Å². The van der Waals surface area contributed by atoms with Gasteiger partial charge in [0.2, 0.25) is 0 Å². The van der Waals surface area contributed by atoms with E-state index in [0.717, 1.165) is 31.6 Å². The molecule has 0 aliphatic heterocycles. The SMILES string of the molecule is CSCc1[nH]cc[n+]1CCCCCC#N. The van der Waals surface area contributed by atoms with Crippen LogP contribution in [0.25, 0.3) is 0 Å². The first kappa shape index (κ1) is 12.1. The minimum atomic E-state index is 0.690. The van der Waals surface area contributed by atoms with E-state index in [9.17, 15) is 0 Å². The number of hydrogen-bond acceptors (Lipinski definition) is 2. The highest BCUT2D eigenvalue weighted by atomic mass is 32.2. The molecule has 0 spiro atoms. The third-order valence-corrected chi connectivity index (χ3v) is 2.88. The molecule has 15 heavy (non-hydrogen) atoms. The molecule has 0 aromatic carbocycles. The minimum absolute atomic E-state index is 0.690. The summed E-state index contributed by atoms with van der Waals surface area (Å²) in [6.45, 7) is 1.06. The lowest BCUT2D eigenvalue weighted by Crippen LogP contribution is -2.35. The maximum atomic E-state index is 8.40. The number of hydrogen-bond donors (Lipinski definition) is 1. The van der Waals surface area contributed by atoms with E-state index in [1.54, 1.807) is 0 Å². The van der Waals surface area contributed by atoms with E-state index in [2.05, 4.69) is 28.1 Å². The summed E-state index contributed by atoms with van der Waals surface area (Å²) in [4.78, 5) is 3.25. The zero-order valence-corrected chi connectivity index (χ0v) is 10.0. The molecule has 0 saturated heterocycles. The van der Waals surface area contributed by atoms with Crippen molar-refractivity contribution in [2.24, 2.45) is 0 Å². The Morgan fingerprint density at radius 1 is 1.47 bits per heavy atom. The summed E-state index contributed by atoms with van der Waals surface area (Å²) in [5.41, 5.74) is 0. The van der Waals surface area contributed by atoms with E-state index in [4.69, 9.17) is 5.26 Å². The Morgan fingerprint density at radius 3 is 3.07 bits per heavy atom. The lowest BCUT2D eigenvalue weighted by atomic mass is 10.2.